The van der Waals surface area contributed by atoms with Crippen molar-refractivity contribution in [3.8, 4) is 0 Å². The minimum Gasteiger partial charge on any atom is -0.392 e. The van der Waals surface area contributed by atoms with Gasteiger partial charge in [-0.2, -0.15) is 0 Å². The number of carbonyl (C=O) groups is 1. The minimum absolute atomic E-state index is 0.0125. The average Bonchev–Trinajstić information content (AvgIpc) is 3.44. The summed E-state index contributed by atoms with van der Waals surface area (Å²) in [4.78, 5) is 30.0. The monoisotopic (exact) mass is 532 g/mol. The summed E-state index contributed by atoms with van der Waals surface area (Å²) in [6.45, 7) is 3.82. The van der Waals surface area contributed by atoms with E-state index in [-0.39, 0.29) is 18.9 Å². The number of amidine groups is 1. The molecule has 6 rings (SSSR count). The summed E-state index contributed by atoms with van der Waals surface area (Å²) in [7, 11) is 1.94. The van der Waals surface area contributed by atoms with Crippen LogP contribution in [0.4, 0.5) is 5.82 Å². The summed E-state index contributed by atoms with van der Waals surface area (Å²) in [5, 5.41) is 12.8. The largest absolute Gasteiger partial charge is 0.392 e. The molecule has 1 unspecified atom stereocenters. The molecule has 2 aliphatic rings. The number of nitrogens with one attached hydrogen (secondary N) is 1. The number of nitrogens with zero attached hydrogens (tertiary/aromatic N) is 5. The van der Waals surface area contributed by atoms with Crippen LogP contribution in [0.15, 0.2) is 89.1 Å². The normalized spacial score (nSPS) is 17.9. The van der Waals surface area contributed by atoms with Crippen molar-refractivity contribution >= 4 is 23.9 Å². The average molecular weight is 533 g/mol. The molecule has 2 aliphatic heterocycles. The fourth-order valence-corrected chi connectivity index (χ4v) is 5.65. The van der Waals surface area contributed by atoms with Crippen molar-refractivity contribution in [3.05, 3.63) is 118 Å². The highest BCUT2D eigenvalue weighted by molar-refractivity contribution is 6.16. The van der Waals surface area contributed by atoms with Crippen LogP contribution in [0.1, 0.15) is 45.5 Å². The molecule has 202 valence electrons. The molecule has 0 bridgehead atoms. The molecule has 8 heteroatoms. The molecule has 3 aromatic carbocycles. The molecule has 8 nitrogen and oxygen atoms in total. The Hall–Kier alpha value is -4.40. The number of likely N-dealkylation sites (tertiary alicyclic amines) is 1. The van der Waals surface area contributed by atoms with Crippen molar-refractivity contribution in [2.24, 2.45) is 9.98 Å². The maximum absolute atomic E-state index is 13.7. The van der Waals surface area contributed by atoms with E-state index in [1.807, 2.05) is 61.3 Å². The molecular formula is C32H32N6O2. The highest BCUT2D eigenvalue weighted by Crippen LogP contribution is 2.47. The van der Waals surface area contributed by atoms with Gasteiger partial charge in [0.1, 0.15) is 23.3 Å². The maximum Gasteiger partial charge on any atom is 0.230 e. The lowest BCUT2D eigenvalue weighted by atomic mass is 9.75. The molecular weight excluding hydrogens is 500 g/mol. The Kier molecular flexibility index (Phi) is 6.88. The first-order chi connectivity index (χ1) is 19.5. The summed E-state index contributed by atoms with van der Waals surface area (Å²) >= 11 is 0. The van der Waals surface area contributed by atoms with E-state index in [0.717, 1.165) is 28.8 Å². The van der Waals surface area contributed by atoms with Crippen LogP contribution in [0, 0.1) is 6.92 Å². The molecule has 0 aliphatic carbocycles. The lowest BCUT2D eigenvalue weighted by molar-refractivity contribution is -0.126. The Morgan fingerprint density at radius 2 is 1.55 bits per heavy atom. The Labute approximate surface area is 233 Å². The number of fused-ring (bicyclic) bond motifs is 3. The third-order valence-corrected chi connectivity index (χ3v) is 7.78. The molecule has 0 spiro atoms. The van der Waals surface area contributed by atoms with Gasteiger partial charge in [0.15, 0.2) is 5.82 Å². The van der Waals surface area contributed by atoms with Crippen molar-refractivity contribution in [2.75, 3.05) is 7.05 Å². The lowest BCUT2D eigenvalue weighted by Gasteiger charge is -2.29. The Balaban J connectivity index is 1.43. The molecule has 1 fully saturated rings. The smallest absolute Gasteiger partial charge is 0.230 e. The standard InChI is InChI=1S/C32H32N6O2/c1-22-3-5-25(6-4-22)18-38-28(40)15-32(27-13-11-26(19-39)12-14-27)29-30(34-20-35-31(32)38)37(21-36-29)17-24-9-7-23(8-10-24)16-33-2/h3-14,20-21,33,39H,15-19H2,1-2H3. The third-order valence-electron chi connectivity index (χ3n) is 7.78. The number of aliphatic hydroxyl groups is 1. The number of hydrogen-bond donors (Lipinski definition) is 2. The predicted molar refractivity (Wildman–Crippen MR) is 156 cm³/mol. The van der Waals surface area contributed by atoms with Gasteiger partial charge in [-0.3, -0.25) is 9.69 Å². The van der Waals surface area contributed by atoms with E-state index in [0.29, 0.717) is 30.4 Å². The van der Waals surface area contributed by atoms with E-state index in [4.69, 9.17) is 15.0 Å². The molecule has 0 radical (unpaired) electrons. The number of imidazole rings is 1. The fraction of sp³-hybridized carbons (Fsp3) is 0.250. The molecule has 1 aromatic heterocycles. The summed E-state index contributed by atoms with van der Waals surface area (Å²) in [5.41, 5.74) is 6.06. The molecule has 1 amide bonds. The summed E-state index contributed by atoms with van der Waals surface area (Å²) in [6, 6.07) is 24.4. The number of aliphatic imine (C=N–C) groups is 2. The van der Waals surface area contributed by atoms with E-state index >= 15 is 0 Å². The SMILES string of the molecule is CNCc1ccc(Cn2cnc3c2N=CN=C2N(Cc4ccc(C)cc4)C(=O)CC23c2ccc(CO)cc2)cc1. The van der Waals surface area contributed by atoms with Crippen LogP contribution in [-0.2, 0) is 36.5 Å². The van der Waals surface area contributed by atoms with Crippen LogP contribution in [0.2, 0.25) is 0 Å². The maximum atomic E-state index is 13.7. The van der Waals surface area contributed by atoms with Crippen LogP contribution in [0.3, 0.4) is 0 Å². The van der Waals surface area contributed by atoms with Crippen molar-refractivity contribution in [2.45, 2.75) is 45.0 Å². The van der Waals surface area contributed by atoms with Crippen LogP contribution < -0.4 is 5.32 Å². The van der Waals surface area contributed by atoms with Crippen molar-refractivity contribution < 1.29 is 9.90 Å². The van der Waals surface area contributed by atoms with Crippen LogP contribution in [-0.4, -0.2) is 44.7 Å². The van der Waals surface area contributed by atoms with E-state index in [1.54, 1.807) is 11.2 Å². The quantitative estimate of drug-likeness (QED) is 0.355. The highest BCUT2D eigenvalue weighted by Gasteiger charge is 2.55. The first-order valence-corrected chi connectivity index (χ1v) is 13.5. The van der Waals surface area contributed by atoms with Gasteiger partial charge >= 0.3 is 0 Å². The molecule has 40 heavy (non-hydrogen) atoms. The number of aromatic nitrogens is 2. The van der Waals surface area contributed by atoms with E-state index in [1.165, 1.54) is 11.1 Å². The van der Waals surface area contributed by atoms with Crippen LogP contribution in [0.5, 0.6) is 0 Å². The molecule has 4 aromatic rings. The van der Waals surface area contributed by atoms with Gasteiger partial charge in [0, 0.05) is 13.0 Å². The second-order valence-corrected chi connectivity index (χ2v) is 10.5. The van der Waals surface area contributed by atoms with Gasteiger partial charge in [-0.15, -0.1) is 0 Å². The van der Waals surface area contributed by atoms with E-state index in [9.17, 15) is 9.90 Å². The number of rotatable bonds is 8. The van der Waals surface area contributed by atoms with Gasteiger partial charge in [-0.25, -0.2) is 15.0 Å². The topological polar surface area (TPSA) is 95.1 Å². The van der Waals surface area contributed by atoms with E-state index in [2.05, 4.69) is 41.7 Å². The predicted octanol–water partition coefficient (Wildman–Crippen LogP) is 4.24. The summed E-state index contributed by atoms with van der Waals surface area (Å²) in [5.74, 6) is 1.30. The first kappa shape index (κ1) is 25.9. The Morgan fingerprint density at radius 1 is 0.900 bits per heavy atom. The Bertz CT molecular complexity index is 1590. The zero-order valence-corrected chi connectivity index (χ0v) is 22.7. The van der Waals surface area contributed by atoms with Crippen molar-refractivity contribution in [1.82, 2.24) is 19.8 Å². The van der Waals surface area contributed by atoms with E-state index < -0.39 is 5.41 Å². The molecule has 1 atom stereocenters. The van der Waals surface area contributed by atoms with Gasteiger partial charge in [0.05, 0.1) is 26.0 Å². The fourth-order valence-electron chi connectivity index (χ4n) is 5.65. The Morgan fingerprint density at radius 3 is 2.25 bits per heavy atom. The van der Waals surface area contributed by atoms with Crippen LogP contribution in [0.25, 0.3) is 0 Å². The van der Waals surface area contributed by atoms with Gasteiger partial charge in [0.25, 0.3) is 0 Å². The van der Waals surface area contributed by atoms with Crippen LogP contribution >= 0.6 is 0 Å². The van der Waals surface area contributed by atoms with Gasteiger partial charge in [0.2, 0.25) is 5.91 Å². The number of carbonyl (C=O) groups excluding carboxylic acids is 1. The molecule has 2 N–H and O–H groups in total. The second-order valence-electron chi connectivity index (χ2n) is 10.5. The van der Waals surface area contributed by atoms with Gasteiger partial charge < -0.3 is 15.0 Å². The number of hydrogen-bond acceptors (Lipinski definition) is 6. The highest BCUT2D eigenvalue weighted by atomic mass is 16.3. The summed E-state index contributed by atoms with van der Waals surface area (Å²) < 4.78 is 2.02. The number of amides is 1. The molecule has 1 saturated heterocycles. The zero-order chi connectivity index (χ0) is 27.7. The minimum atomic E-state index is -0.899. The van der Waals surface area contributed by atoms with Crippen molar-refractivity contribution in [1.29, 1.82) is 0 Å². The zero-order valence-electron chi connectivity index (χ0n) is 22.7. The first-order valence-electron chi connectivity index (χ1n) is 13.5. The number of aryl methyl sites for hydroxylation is 1. The van der Waals surface area contributed by atoms with Crippen molar-refractivity contribution in [3.63, 3.8) is 0 Å². The second kappa shape index (κ2) is 10.6. The molecule has 0 saturated carbocycles. The van der Waals surface area contributed by atoms with Gasteiger partial charge in [-0.1, -0.05) is 78.4 Å². The summed E-state index contributed by atoms with van der Waals surface area (Å²) in [6.07, 6.45) is 3.55. The molecule has 3 heterocycles. The third kappa shape index (κ3) is 4.55. The lowest BCUT2D eigenvalue weighted by Crippen LogP contribution is -2.39. The number of benzene rings is 3. The number of aliphatic hydroxyl groups excluding tert-OH is 1. The van der Waals surface area contributed by atoms with Gasteiger partial charge in [-0.05, 0) is 41.8 Å².